The maximum absolute atomic E-state index is 11.4. The third-order valence-electron chi connectivity index (χ3n) is 1.99. The van der Waals surface area contributed by atoms with Gasteiger partial charge in [0.2, 0.25) is 5.91 Å². The molecule has 0 saturated heterocycles. The van der Waals surface area contributed by atoms with Crippen LogP contribution in [0.4, 0.5) is 0 Å². The minimum absolute atomic E-state index is 0.191. The molecule has 15 heavy (non-hydrogen) atoms. The molecule has 1 unspecified atom stereocenters. The van der Waals surface area contributed by atoms with Gasteiger partial charge in [0.05, 0.1) is 12.6 Å². The average molecular weight is 208 g/mol. The molecular weight excluding hydrogens is 192 g/mol. The third kappa shape index (κ3) is 3.59. The summed E-state index contributed by atoms with van der Waals surface area (Å²) >= 11 is 0. The molecule has 0 saturated carbocycles. The normalized spacial score (nSPS) is 12.1. The highest BCUT2D eigenvalue weighted by Gasteiger charge is 2.11. The second-order valence-corrected chi connectivity index (χ2v) is 3.36. The summed E-state index contributed by atoms with van der Waals surface area (Å²) in [4.78, 5) is 11.4. The first-order chi connectivity index (χ1) is 7.13. The summed E-state index contributed by atoms with van der Waals surface area (Å²) in [5.74, 6) is 1.37. The van der Waals surface area contributed by atoms with Gasteiger partial charge in [-0.1, -0.05) is 6.08 Å². The fourth-order valence-corrected chi connectivity index (χ4v) is 1.17. The number of aryl methyl sites for hydroxylation is 1. The highest BCUT2D eigenvalue weighted by Crippen LogP contribution is 2.05. The first-order valence-electron chi connectivity index (χ1n) is 4.83. The van der Waals surface area contributed by atoms with Crippen LogP contribution in [0.15, 0.2) is 29.2 Å². The molecule has 0 radical (unpaired) electrons. The monoisotopic (exact) mass is 208 g/mol. The van der Waals surface area contributed by atoms with Crippen LogP contribution in [0.5, 0.6) is 0 Å². The van der Waals surface area contributed by atoms with Crippen molar-refractivity contribution in [2.75, 3.05) is 0 Å². The van der Waals surface area contributed by atoms with Crippen molar-refractivity contribution >= 4 is 5.91 Å². The standard InChI is InChI=1S/C11H16N2O2/c1-3-4-10(12)11(14)13-7-9-6-5-8(2)15-9/h3,5-6,10H,1,4,7,12H2,2H3,(H,13,14). The second kappa shape index (κ2) is 5.36. The van der Waals surface area contributed by atoms with E-state index in [-0.39, 0.29) is 5.91 Å². The van der Waals surface area contributed by atoms with Crippen molar-refractivity contribution in [3.63, 3.8) is 0 Å². The number of rotatable bonds is 5. The van der Waals surface area contributed by atoms with Gasteiger partial charge in [-0.25, -0.2) is 0 Å². The maximum atomic E-state index is 11.4. The molecule has 0 aliphatic rings. The van der Waals surface area contributed by atoms with E-state index < -0.39 is 6.04 Å². The summed E-state index contributed by atoms with van der Waals surface area (Å²) in [7, 11) is 0. The lowest BCUT2D eigenvalue weighted by Crippen LogP contribution is -2.39. The van der Waals surface area contributed by atoms with Gasteiger partial charge in [0.1, 0.15) is 11.5 Å². The summed E-state index contributed by atoms with van der Waals surface area (Å²) < 4.78 is 5.30. The van der Waals surface area contributed by atoms with Gasteiger partial charge in [-0.3, -0.25) is 4.79 Å². The van der Waals surface area contributed by atoms with E-state index in [1.165, 1.54) is 0 Å². The number of hydrogen-bond donors (Lipinski definition) is 2. The lowest BCUT2D eigenvalue weighted by Gasteiger charge is -2.08. The van der Waals surface area contributed by atoms with Crippen molar-refractivity contribution in [2.24, 2.45) is 5.73 Å². The number of furan rings is 1. The minimum Gasteiger partial charge on any atom is -0.465 e. The third-order valence-corrected chi connectivity index (χ3v) is 1.99. The molecule has 3 N–H and O–H groups in total. The van der Waals surface area contributed by atoms with Gasteiger partial charge < -0.3 is 15.5 Å². The van der Waals surface area contributed by atoms with Gasteiger partial charge in [-0.15, -0.1) is 6.58 Å². The predicted octanol–water partition coefficient (Wildman–Crippen LogP) is 1.11. The lowest BCUT2D eigenvalue weighted by molar-refractivity contribution is -0.122. The van der Waals surface area contributed by atoms with Crippen LogP contribution in [0.3, 0.4) is 0 Å². The molecule has 1 amide bonds. The molecule has 4 nitrogen and oxygen atoms in total. The molecule has 1 rings (SSSR count). The highest BCUT2D eigenvalue weighted by molar-refractivity contribution is 5.81. The van der Waals surface area contributed by atoms with Crippen LogP contribution in [0, 0.1) is 6.92 Å². The van der Waals surface area contributed by atoms with Gasteiger partial charge >= 0.3 is 0 Å². The van der Waals surface area contributed by atoms with E-state index in [0.29, 0.717) is 13.0 Å². The number of nitrogens with two attached hydrogens (primary N) is 1. The molecule has 1 aromatic rings. The van der Waals surface area contributed by atoms with Crippen molar-refractivity contribution in [3.05, 3.63) is 36.3 Å². The van der Waals surface area contributed by atoms with Gasteiger partial charge in [0.15, 0.2) is 0 Å². The summed E-state index contributed by atoms with van der Waals surface area (Å²) in [5, 5.41) is 2.69. The molecule has 4 heteroatoms. The number of carbonyl (C=O) groups excluding carboxylic acids is 1. The van der Waals surface area contributed by atoms with Crippen molar-refractivity contribution in [1.82, 2.24) is 5.32 Å². The van der Waals surface area contributed by atoms with E-state index in [0.717, 1.165) is 11.5 Å². The molecule has 0 aliphatic heterocycles. The fraction of sp³-hybridized carbons (Fsp3) is 0.364. The Morgan fingerprint density at radius 3 is 3.00 bits per heavy atom. The molecule has 0 aromatic carbocycles. The Morgan fingerprint density at radius 2 is 2.47 bits per heavy atom. The van der Waals surface area contributed by atoms with Crippen molar-refractivity contribution in [3.8, 4) is 0 Å². The van der Waals surface area contributed by atoms with Crippen LogP contribution >= 0.6 is 0 Å². The van der Waals surface area contributed by atoms with E-state index in [2.05, 4.69) is 11.9 Å². The summed E-state index contributed by atoms with van der Waals surface area (Å²) in [5.41, 5.74) is 5.58. The van der Waals surface area contributed by atoms with Crippen LogP contribution < -0.4 is 11.1 Å². The zero-order valence-corrected chi connectivity index (χ0v) is 8.82. The molecule has 0 spiro atoms. The molecule has 0 fully saturated rings. The highest BCUT2D eigenvalue weighted by atomic mass is 16.3. The quantitative estimate of drug-likeness (QED) is 0.712. The largest absolute Gasteiger partial charge is 0.465 e. The van der Waals surface area contributed by atoms with E-state index in [4.69, 9.17) is 10.2 Å². The number of hydrogen-bond acceptors (Lipinski definition) is 3. The van der Waals surface area contributed by atoms with Crippen LogP contribution in [-0.4, -0.2) is 11.9 Å². The van der Waals surface area contributed by atoms with Crippen molar-refractivity contribution in [2.45, 2.75) is 25.9 Å². The Labute approximate surface area is 89.1 Å². The smallest absolute Gasteiger partial charge is 0.237 e. The first-order valence-corrected chi connectivity index (χ1v) is 4.83. The van der Waals surface area contributed by atoms with E-state index in [9.17, 15) is 4.79 Å². The van der Waals surface area contributed by atoms with Crippen molar-refractivity contribution < 1.29 is 9.21 Å². The van der Waals surface area contributed by atoms with Gasteiger partial charge in [-0.05, 0) is 25.5 Å². The topological polar surface area (TPSA) is 68.3 Å². The molecule has 1 heterocycles. The SMILES string of the molecule is C=CCC(N)C(=O)NCc1ccc(C)o1. The first kappa shape index (κ1) is 11.5. The maximum Gasteiger partial charge on any atom is 0.237 e. The second-order valence-electron chi connectivity index (χ2n) is 3.36. The Balaban J connectivity index is 2.37. The number of amides is 1. The molecule has 0 aliphatic carbocycles. The van der Waals surface area contributed by atoms with E-state index >= 15 is 0 Å². The molecule has 0 bridgehead atoms. The fourth-order valence-electron chi connectivity index (χ4n) is 1.17. The molecule has 82 valence electrons. The Kier molecular flexibility index (Phi) is 4.12. The van der Waals surface area contributed by atoms with Crippen molar-refractivity contribution in [1.29, 1.82) is 0 Å². The Morgan fingerprint density at radius 1 is 1.73 bits per heavy atom. The zero-order chi connectivity index (χ0) is 11.3. The number of carbonyl (C=O) groups is 1. The minimum atomic E-state index is -0.529. The van der Waals surface area contributed by atoms with E-state index in [1.54, 1.807) is 6.08 Å². The van der Waals surface area contributed by atoms with Gasteiger partial charge in [0.25, 0.3) is 0 Å². The predicted molar refractivity (Wildman–Crippen MR) is 58.1 cm³/mol. The molecule has 1 atom stereocenters. The van der Waals surface area contributed by atoms with Crippen LogP contribution in [-0.2, 0) is 11.3 Å². The summed E-state index contributed by atoms with van der Waals surface area (Å²) in [6, 6.07) is 3.15. The van der Waals surface area contributed by atoms with Crippen LogP contribution in [0.1, 0.15) is 17.9 Å². The summed E-state index contributed by atoms with van der Waals surface area (Å²) in [6.07, 6.45) is 2.10. The summed E-state index contributed by atoms with van der Waals surface area (Å²) in [6.45, 7) is 5.75. The van der Waals surface area contributed by atoms with Gasteiger partial charge in [-0.2, -0.15) is 0 Å². The van der Waals surface area contributed by atoms with E-state index in [1.807, 2.05) is 19.1 Å². The number of nitrogens with one attached hydrogen (secondary N) is 1. The zero-order valence-electron chi connectivity index (χ0n) is 8.82. The van der Waals surface area contributed by atoms with Crippen LogP contribution in [0.25, 0.3) is 0 Å². The average Bonchev–Trinajstić information content (AvgIpc) is 2.61. The lowest BCUT2D eigenvalue weighted by atomic mass is 10.2. The molecule has 1 aromatic heterocycles. The molecular formula is C11H16N2O2. The van der Waals surface area contributed by atoms with Gasteiger partial charge in [0, 0.05) is 0 Å². The Bertz CT molecular complexity index is 344. The Hall–Kier alpha value is -1.55. The van der Waals surface area contributed by atoms with Crippen LogP contribution in [0.2, 0.25) is 0 Å².